The Labute approximate surface area is 106 Å². The van der Waals surface area contributed by atoms with Crippen LogP contribution < -0.4 is 4.90 Å². The average molecular weight is 238 g/mol. The highest BCUT2D eigenvalue weighted by atomic mass is 15.3. The van der Waals surface area contributed by atoms with Crippen molar-refractivity contribution in [1.29, 1.82) is 0 Å². The van der Waals surface area contributed by atoms with E-state index in [0.717, 1.165) is 22.7 Å². The molecule has 90 valence electrons. The van der Waals surface area contributed by atoms with Gasteiger partial charge in [0.1, 0.15) is 5.82 Å². The molecule has 0 N–H and O–H groups in total. The fraction of sp³-hybridized carbons (Fsp3) is 0.143. The second kappa shape index (κ2) is 4.14. The number of fused-ring (bicyclic) bond motifs is 1. The highest BCUT2D eigenvalue weighted by Crippen LogP contribution is 2.20. The van der Waals surface area contributed by atoms with Crippen molar-refractivity contribution in [2.24, 2.45) is 0 Å². The molecule has 0 spiro atoms. The molecule has 0 aliphatic carbocycles. The molecular formula is C14H14N4. The van der Waals surface area contributed by atoms with Crippen LogP contribution in [0.1, 0.15) is 0 Å². The molecule has 0 saturated heterocycles. The Bertz CT molecular complexity index is 671. The van der Waals surface area contributed by atoms with E-state index in [1.807, 2.05) is 60.0 Å². The highest BCUT2D eigenvalue weighted by Gasteiger charge is 2.07. The van der Waals surface area contributed by atoms with Gasteiger partial charge < -0.3 is 4.90 Å². The predicted molar refractivity (Wildman–Crippen MR) is 72.8 cm³/mol. The zero-order valence-corrected chi connectivity index (χ0v) is 10.4. The lowest BCUT2D eigenvalue weighted by Gasteiger charge is -2.11. The average Bonchev–Trinajstić information content (AvgIpc) is 2.82. The van der Waals surface area contributed by atoms with E-state index in [1.165, 1.54) is 0 Å². The van der Waals surface area contributed by atoms with Crippen LogP contribution in [0.2, 0.25) is 0 Å². The Morgan fingerprint density at radius 3 is 2.50 bits per heavy atom. The van der Waals surface area contributed by atoms with Crippen LogP contribution in [0.5, 0.6) is 0 Å². The Morgan fingerprint density at radius 1 is 1.00 bits per heavy atom. The number of rotatable bonds is 2. The van der Waals surface area contributed by atoms with Crippen LogP contribution in [0.25, 0.3) is 16.9 Å². The predicted octanol–water partition coefficient (Wildman–Crippen LogP) is 2.46. The first-order valence-electron chi connectivity index (χ1n) is 5.83. The molecule has 3 aromatic rings. The number of hydrogen-bond acceptors (Lipinski definition) is 3. The van der Waals surface area contributed by atoms with Crippen molar-refractivity contribution in [1.82, 2.24) is 14.6 Å². The van der Waals surface area contributed by atoms with Crippen molar-refractivity contribution >= 4 is 11.5 Å². The summed E-state index contributed by atoms with van der Waals surface area (Å²) in [6.45, 7) is 0. The van der Waals surface area contributed by atoms with E-state index in [1.54, 1.807) is 0 Å². The molecule has 0 saturated carbocycles. The van der Waals surface area contributed by atoms with Crippen molar-refractivity contribution in [2.45, 2.75) is 0 Å². The summed E-state index contributed by atoms with van der Waals surface area (Å²) in [5.41, 5.74) is 2.99. The first-order chi connectivity index (χ1) is 8.75. The number of imidazole rings is 1. The smallest absolute Gasteiger partial charge is 0.154 e. The zero-order chi connectivity index (χ0) is 12.5. The number of aromatic nitrogens is 3. The molecule has 4 nitrogen and oxygen atoms in total. The maximum absolute atomic E-state index is 4.59. The van der Waals surface area contributed by atoms with Gasteiger partial charge in [-0.15, -0.1) is 5.10 Å². The van der Waals surface area contributed by atoms with E-state index in [-0.39, 0.29) is 0 Å². The van der Waals surface area contributed by atoms with Crippen LogP contribution in [-0.4, -0.2) is 28.7 Å². The lowest BCUT2D eigenvalue weighted by atomic mass is 10.2. The van der Waals surface area contributed by atoms with Gasteiger partial charge in [0.25, 0.3) is 0 Å². The number of hydrogen-bond donors (Lipinski definition) is 0. The Balaban J connectivity index is 2.21. The van der Waals surface area contributed by atoms with E-state index in [2.05, 4.69) is 22.2 Å². The van der Waals surface area contributed by atoms with Gasteiger partial charge in [0, 0.05) is 19.7 Å². The summed E-state index contributed by atoms with van der Waals surface area (Å²) >= 11 is 0. The normalized spacial score (nSPS) is 10.8. The molecule has 0 bridgehead atoms. The minimum absolute atomic E-state index is 0.861. The van der Waals surface area contributed by atoms with Crippen LogP contribution in [-0.2, 0) is 0 Å². The summed E-state index contributed by atoms with van der Waals surface area (Å²) in [5, 5.41) is 4.59. The number of anilines is 1. The van der Waals surface area contributed by atoms with Gasteiger partial charge >= 0.3 is 0 Å². The molecular weight excluding hydrogens is 224 g/mol. The Hall–Kier alpha value is -2.36. The minimum Gasteiger partial charge on any atom is -0.361 e. The first kappa shape index (κ1) is 10.8. The van der Waals surface area contributed by atoms with E-state index < -0.39 is 0 Å². The fourth-order valence-corrected chi connectivity index (χ4v) is 1.91. The molecule has 18 heavy (non-hydrogen) atoms. The van der Waals surface area contributed by atoms with E-state index in [9.17, 15) is 0 Å². The fourth-order valence-electron chi connectivity index (χ4n) is 1.91. The quantitative estimate of drug-likeness (QED) is 0.687. The molecule has 0 aliphatic rings. The van der Waals surface area contributed by atoms with Gasteiger partial charge in [-0.25, -0.2) is 9.50 Å². The standard InChI is InChI=1S/C14H14N4/c1-17(2)14-9-8-13-15-10-12(18(13)16-14)11-6-4-3-5-7-11/h3-10H,1-2H3. The monoisotopic (exact) mass is 238 g/mol. The van der Waals surface area contributed by atoms with Crippen molar-refractivity contribution < 1.29 is 0 Å². The lowest BCUT2D eigenvalue weighted by Crippen LogP contribution is -2.12. The maximum Gasteiger partial charge on any atom is 0.154 e. The third-order valence-electron chi connectivity index (χ3n) is 2.88. The van der Waals surface area contributed by atoms with Gasteiger partial charge in [0.05, 0.1) is 11.9 Å². The van der Waals surface area contributed by atoms with Gasteiger partial charge in [-0.3, -0.25) is 0 Å². The molecule has 4 heteroatoms. The number of nitrogens with zero attached hydrogens (tertiary/aromatic N) is 4. The largest absolute Gasteiger partial charge is 0.361 e. The molecule has 2 heterocycles. The van der Waals surface area contributed by atoms with Gasteiger partial charge in [-0.05, 0) is 12.1 Å². The van der Waals surface area contributed by atoms with Gasteiger partial charge in [-0.1, -0.05) is 30.3 Å². The maximum atomic E-state index is 4.59. The second-order valence-corrected chi connectivity index (χ2v) is 4.37. The summed E-state index contributed by atoms with van der Waals surface area (Å²) < 4.78 is 1.88. The zero-order valence-electron chi connectivity index (χ0n) is 10.4. The first-order valence-corrected chi connectivity index (χ1v) is 5.83. The van der Waals surface area contributed by atoms with Crippen LogP contribution in [0.15, 0.2) is 48.7 Å². The Morgan fingerprint density at radius 2 is 1.78 bits per heavy atom. The van der Waals surface area contributed by atoms with Crippen molar-refractivity contribution in [3.8, 4) is 11.3 Å². The third kappa shape index (κ3) is 1.72. The summed E-state index contributed by atoms with van der Waals surface area (Å²) in [7, 11) is 3.96. The SMILES string of the molecule is CN(C)c1ccc2ncc(-c3ccccc3)n2n1. The van der Waals surface area contributed by atoms with Crippen LogP contribution >= 0.6 is 0 Å². The molecule has 0 unspecified atom stereocenters. The molecule has 0 atom stereocenters. The Kier molecular flexibility index (Phi) is 2.48. The number of benzene rings is 1. The highest BCUT2D eigenvalue weighted by molar-refractivity contribution is 5.63. The molecule has 2 aromatic heterocycles. The topological polar surface area (TPSA) is 33.4 Å². The van der Waals surface area contributed by atoms with Crippen LogP contribution in [0.3, 0.4) is 0 Å². The van der Waals surface area contributed by atoms with Crippen molar-refractivity contribution in [2.75, 3.05) is 19.0 Å². The molecule has 0 amide bonds. The van der Waals surface area contributed by atoms with Crippen LogP contribution in [0, 0.1) is 0 Å². The van der Waals surface area contributed by atoms with Crippen LogP contribution in [0.4, 0.5) is 5.82 Å². The van der Waals surface area contributed by atoms with Gasteiger partial charge in [0.2, 0.25) is 0 Å². The molecule has 0 radical (unpaired) electrons. The minimum atomic E-state index is 0.861. The summed E-state index contributed by atoms with van der Waals surface area (Å²) in [6.07, 6.45) is 1.86. The van der Waals surface area contributed by atoms with Crippen molar-refractivity contribution in [3.63, 3.8) is 0 Å². The molecule has 0 aliphatic heterocycles. The van der Waals surface area contributed by atoms with E-state index >= 15 is 0 Å². The molecule has 3 rings (SSSR count). The summed E-state index contributed by atoms with van der Waals surface area (Å²) in [6, 6.07) is 14.1. The van der Waals surface area contributed by atoms with E-state index in [4.69, 9.17) is 0 Å². The summed E-state index contributed by atoms with van der Waals surface area (Å²) in [4.78, 5) is 6.36. The molecule has 1 aromatic carbocycles. The second-order valence-electron chi connectivity index (χ2n) is 4.37. The van der Waals surface area contributed by atoms with Gasteiger partial charge in [-0.2, -0.15) is 0 Å². The third-order valence-corrected chi connectivity index (χ3v) is 2.88. The molecule has 0 fully saturated rings. The van der Waals surface area contributed by atoms with Crippen molar-refractivity contribution in [3.05, 3.63) is 48.7 Å². The lowest BCUT2D eigenvalue weighted by molar-refractivity contribution is 0.907. The van der Waals surface area contributed by atoms with Gasteiger partial charge in [0.15, 0.2) is 5.65 Å². The van der Waals surface area contributed by atoms with E-state index in [0.29, 0.717) is 0 Å². The summed E-state index contributed by atoms with van der Waals surface area (Å²) in [5.74, 6) is 0.915.